The Balaban J connectivity index is 1.61. The third-order valence-electron chi connectivity index (χ3n) is 5.11. The number of amides is 1. The summed E-state index contributed by atoms with van der Waals surface area (Å²) in [4.78, 5) is 15.0. The van der Waals surface area contributed by atoms with Crippen LogP contribution in [0.4, 0.5) is 0 Å². The zero-order valence-electron chi connectivity index (χ0n) is 16.9. The van der Waals surface area contributed by atoms with E-state index in [4.69, 9.17) is 0 Å². The fourth-order valence-corrected chi connectivity index (χ4v) is 4.52. The Morgan fingerprint density at radius 2 is 1.83 bits per heavy atom. The maximum atomic E-state index is 13.1. The number of aryl methyl sites for hydroxylation is 1. The number of hydrogen-bond acceptors (Lipinski definition) is 4. The van der Waals surface area contributed by atoms with Gasteiger partial charge in [-0.25, -0.2) is 0 Å². The Bertz CT molecular complexity index is 1160. The molecule has 4 aromatic rings. The van der Waals surface area contributed by atoms with Crippen LogP contribution in [0.15, 0.2) is 65.8 Å². The van der Waals surface area contributed by atoms with Gasteiger partial charge in [-0.05, 0) is 44.0 Å². The first-order valence-corrected chi connectivity index (χ1v) is 10.7. The van der Waals surface area contributed by atoms with Crippen LogP contribution >= 0.6 is 11.8 Å². The van der Waals surface area contributed by atoms with Crippen LogP contribution in [-0.2, 0) is 11.3 Å². The number of rotatable bonds is 6. The fourth-order valence-electron chi connectivity index (χ4n) is 3.57. The second-order valence-electron chi connectivity index (χ2n) is 7.12. The van der Waals surface area contributed by atoms with Crippen molar-refractivity contribution >= 4 is 34.2 Å². The summed E-state index contributed by atoms with van der Waals surface area (Å²) in [6, 6.07) is 20.4. The highest BCUT2D eigenvalue weighted by atomic mass is 32.2. The highest BCUT2D eigenvalue weighted by Crippen LogP contribution is 2.28. The average Bonchev–Trinajstić information content (AvgIpc) is 3.14. The summed E-state index contributed by atoms with van der Waals surface area (Å²) in [7, 11) is 0. The van der Waals surface area contributed by atoms with Gasteiger partial charge in [0.05, 0.1) is 10.8 Å². The van der Waals surface area contributed by atoms with Crippen molar-refractivity contribution in [1.82, 2.24) is 19.5 Å². The molecule has 0 N–H and O–H groups in total. The molecule has 0 aliphatic rings. The summed E-state index contributed by atoms with van der Waals surface area (Å²) in [6.07, 6.45) is 0. The number of para-hydroxylation sites is 1. The predicted octanol–water partition coefficient (Wildman–Crippen LogP) is 4.72. The summed E-state index contributed by atoms with van der Waals surface area (Å²) in [5.74, 6) is 0.106. The van der Waals surface area contributed by atoms with Gasteiger partial charge in [0, 0.05) is 18.5 Å². The summed E-state index contributed by atoms with van der Waals surface area (Å²) in [5, 5.41) is 10.4. The highest BCUT2D eigenvalue weighted by Gasteiger charge is 2.23. The molecule has 6 heteroatoms. The van der Waals surface area contributed by atoms with Gasteiger partial charge in [0.1, 0.15) is 0 Å². The molecule has 1 atom stereocenters. The van der Waals surface area contributed by atoms with E-state index in [1.807, 2.05) is 71.7 Å². The van der Waals surface area contributed by atoms with Crippen LogP contribution < -0.4 is 0 Å². The Morgan fingerprint density at radius 3 is 2.59 bits per heavy atom. The minimum Gasteiger partial charge on any atom is -0.338 e. The first kappa shape index (κ1) is 19.5. The number of pyridine rings is 1. The number of hydrogen-bond donors (Lipinski definition) is 0. The monoisotopic (exact) mass is 404 g/mol. The molecule has 2 heterocycles. The fraction of sp³-hybridized carbons (Fsp3) is 0.261. The molecular formula is C23H24N4OS. The molecule has 0 fully saturated rings. The lowest BCUT2D eigenvalue weighted by molar-refractivity contribution is -0.130. The largest absolute Gasteiger partial charge is 0.338 e. The normalized spacial score (nSPS) is 12.4. The van der Waals surface area contributed by atoms with E-state index in [0.717, 1.165) is 21.9 Å². The third-order valence-corrected chi connectivity index (χ3v) is 6.14. The van der Waals surface area contributed by atoms with Crippen molar-refractivity contribution in [3.8, 4) is 0 Å². The molecule has 1 unspecified atom stereocenters. The predicted molar refractivity (Wildman–Crippen MR) is 118 cm³/mol. The molecule has 2 aromatic carbocycles. The van der Waals surface area contributed by atoms with Crippen molar-refractivity contribution in [2.45, 2.75) is 37.7 Å². The van der Waals surface area contributed by atoms with Gasteiger partial charge in [0.15, 0.2) is 10.8 Å². The number of carbonyl (C=O) groups is 1. The smallest absolute Gasteiger partial charge is 0.236 e. The Labute approximate surface area is 174 Å². The lowest BCUT2D eigenvalue weighted by atomic mass is 10.1. The van der Waals surface area contributed by atoms with Crippen LogP contribution in [0.2, 0.25) is 0 Å². The minimum absolute atomic E-state index is 0.106. The molecule has 0 radical (unpaired) electrons. The van der Waals surface area contributed by atoms with Crippen LogP contribution in [0.5, 0.6) is 0 Å². The summed E-state index contributed by atoms with van der Waals surface area (Å²) < 4.78 is 2.05. The molecule has 0 aliphatic carbocycles. The quantitative estimate of drug-likeness (QED) is 0.436. The molecule has 148 valence electrons. The summed E-state index contributed by atoms with van der Waals surface area (Å²) in [5.41, 5.74) is 4.17. The van der Waals surface area contributed by atoms with Crippen LogP contribution in [0.25, 0.3) is 16.6 Å². The van der Waals surface area contributed by atoms with Gasteiger partial charge < -0.3 is 4.90 Å². The third kappa shape index (κ3) is 3.85. The number of aromatic nitrogens is 3. The van der Waals surface area contributed by atoms with E-state index in [1.165, 1.54) is 22.7 Å². The van der Waals surface area contributed by atoms with E-state index >= 15 is 0 Å². The van der Waals surface area contributed by atoms with E-state index < -0.39 is 0 Å². The first-order valence-electron chi connectivity index (χ1n) is 9.81. The van der Waals surface area contributed by atoms with E-state index in [1.54, 1.807) is 0 Å². The van der Waals surface area contributed by atoms with Crippen molar-refractivity contribution < 1.29 is 4.79 Å². The van der Waals surface area contributed by atoms with Gasteiger partial charge in [-0.1, -0.05) is 60.3 Å². The van der Waals surface area contributed by atoms with Gasteiger partial charge in [0.2, 0.25) is 5.91 Å². The average molecular weight is 405 g/mol. The highest BCUT2D eigenvalue weighted by molar-refractivity contribution is 8.00. The maximum absolute atomic E-state index is 13.1. The molecule has 0 saturated carbocycles. The number of carbonyl (C=O) groups excluding carboxylic acids is 1. The Morgan fingerprint density at radius 1 is 1.10 bits per heavy atom. The number of nitrogens with zero attached hydrogens (tertiary/aromatic N) is 4. The summed E-state index contributed by atoms with van der Waals surface area (Å²) in [6.45, 7) is 7.32. The van der Waals surface area contributed by atoms with Gasteiger partial charge in [-0.2, -0.15) is 0 Å². The topological polar surface area (TPSA) is 50.5 Å². The van der Waals surface area contributed by atoms with Crippen molar-refractivity contribution in [1.29, 1.82) is 0 Å². The van der Waals surface area contributed by atoms with Crippen LogP contribution in [0, 0.1) is 6.92 Å². The standard InChI is InChI=1S/C23H24N4OS/c1-4-26(15-18-10-6-5-7-11-18)22(28)17(3)29-23-25-24-21-14-16(2)19-12-8-9-13-20(19)27(21)23/h5-14,17H,4,15H2,1-3H3. The van der Waals surface area contributed by atoms with Gasteiger partial charge in [0.25, 0.3) is 0 Å². The van der Waals surface area contributed by atoms with Crippen molar-refractivity contribution in [2.24, 2.45) is 0 Å². The molecule has 0 bridgehead atoms. The molecule has 1 amide bonds. The molecule has 0 saturated heterocycles. The van der Waals surface area contributed by atoms with Crippen molar-refractivity contribution in [3.05, 3.63) is 71.8 Å². The SMILES string of the molecule is CCN(Cc1ccccc1)C(=O)C(C)Sc1nnc2cc(C)c3ccccc3n12. The molecule has 29 heavy (non-hydrogen) atoms. The Hall–Kier alpha value is -2.86. The van der Waals surface area contributed by atoms with Crippen molar-refractivity contribution in [2.75, 3.05) is 6.54 Å². The van der Waals surface area contributed by atoms with E-state index in [-0.39, 0.29) is 11.2 Å². The zero-order valence-corrected chi connectivity index (χ0v) is 17.7. The second kappa shape index (κ2) is 8.25. The van der Waals surface area contributed by atoms with Gasteiger partial charge in [-0.15, -0.1) is 10.2 Å². The van der Waals surface area contributed by atoms with E-state index in [9.17, 15) is 4.79 Å². The van der Waals surface area contributed by atoms with Crippen LogP contribution in [0.1, 0.15) is 25.0 Å². The molecule has 2 aromatic heterocycles. The second-order valence-corrected chi connectivity index (χ2v) is 8.43. The lowest BCUT2D eigenvalue weighted by Gasteiger charge is -2.24. The van der Waals surface area contributed by atoms with Gasteiger partial charge in [-0.3, -0.25) is 9.20 Å². The zero-order chi connectivity index (χ0) is 20.4. The lowest BCUT2D eigenvalue weighted by Crippen LogP contribution is -2.36. The first-order chi connectivity index (χ1) is 14.1. The number of thioether (sulfide) groups is 1. The van der Waals surface area contributed by atoms with Crippen LogP contribution in [0.3, 0.4) is 0 Å². The number of fused-ring (bicyclic) bond motifs is 3. The molecule has 5 nitrogen and oxygen atoms in total. The minimum atomic E-state index is -0.258. The summed E-state index contributed by atoms with van der Waals surface area (Å²) >= 11 is 1.46. The molecule has 0 aliphatic heterocycles. The van der Waals surface area contributed by atoms with Gasteiger partial charge >= 0.3 is 0 Å². The molecule has 0 spiro atoms. The Kier molecular flexibility index (Phi) is 5.53. The van der Waals surface area contributed by atoms with E-state index in [0.29, 0.717) is 13.1 Å². The van der Waals surface area contributed by atoms with Crippen molar-refractivity contribution in [3.63, 3.8) is 0 Å². The maximum Gasteiger partial charge on any atom is 0.236 e. The molecular weight excluding hydrogens is 380 g/mol. The number of benzene rings is 2. The molecule has 4 rings (SSSR count). The van der Waals surface area contributed by atoms with Crippen LogP contribution in [-0.4, -0.2) is 37.2 Å². The van der Waals surface area contributed by atoms with E-state index in [2.05, 4.69) is 29.3 Å².